The molecule has 17 heavy (non-hydrogen) atoms. The molecule has 0 amide bonds. The van der Waals surface area contributed by atoms with Crippen molar-refractivity contribution >= 4 is 11.3 Å². The van der Waals surface area contributed by atoms with Crippen LogP contribution in [-0.4, -0.2) is 22.3 Å². The van der Waals surface area contributed by atoms with Crippen molar-refractivity contribution < 1.29 is 0 Å². The van der Waals surface area contributed by atoms with Gasteiger partial charge in [-0.15, -0.1) is 21.5 Å². The Morgan fingerprint density at radius 2 is 1.94 bits per heavy atom. The monoisotopic (exact) mass is 253 g/mol. The predicted molar refractivity (Wildman–Crippen MR) is 72.6 cm³/mol. The lowest BCUT2D eigenvalue weighted by atomic mass is 10.1. The molecule has 1 aliphatic carbocycles. The van der Waals surface area contributed by atoms with Crippen LogP contribution in [0, 0.1) is 0 Å². The average molecular weight is 253 g/mol. The topological polar surface area (TPSA) is 37.8 Å². The van der Waals surface area contributed by atoms with Crippen molar-refractivity contribution in [3.8, 4) is 0 Å². The highest BCUT2D eigenvalue weighted by Gasteiger charge is 2.21. The van der Waals surface area contributed by atoms with E-state index in [1.807, 2.05) is 11.3 Å². The highest BCUT2D eigenvalue weighted by atomic mass is 32.1. The molecule has 96 valence electrons. The van der Waals surface area contributed by atoms with E-state index in [4.69, 9.17) is 0 Å². The minimum Gasteiger partial charge on any atom is -0.312 e. The number of aromatic nitrogens is 2. The first-order valence-electron chi connectivity index (χ1n) is 6.62. The van der Waals surface area contributed by atoms with Crippen LogP contribution in [0.1, 0.15) is 62.4 Å². The molecule has 2 rings (SSSR count). The highest BCUT2D eigenvalue weighted by molar-refractivity contribution is 7.11. The SMILES string of the molecule is CC(C)(C)NCCc1nnc(C2CCCC2)s1. The molecule has 0 unspecified atom stereocenters. The Morgan fingerprint density at radius 1 is 1.24 bits per heavy atom. The third kappa shape index (κ3) is 4.03. The summed E-state index contributed by atoms with van der Waals surface area (Å²) in [5, 5.41) is 14.6. The lowest BCUT2D eigenvalue weighted by molar-refractivity contribution is 0.429. The molecule has 3 nitrogen and oxygen atoms in total. The van der Waals surface area contributed by atoms with Crippen molar-refractivity contribution in [2.45, 2.75) is 64.3 Å². The van der Waals surface area contributed by atoms with Crippen LogP contribution in [0.4, 0.5) is 0 Å². The van der Waals surface area contributed by atoms with E-state index in [1.54, 1.807) is 0 Å². The second-order valence-electron chi connectivity index (χ2n) is 5.94. The second-order valence-corrected chi connectivity index (χ2v) is 7.04. The molecule has 0 spiro atoms. The summed E-state index contributed by atoms with van der Waals surface area (Å²) in [5.41, 5.74) is 0.193. The van der Waals surface area contributed by atoms with Crippen molar-refractivity contribution in [3.63, 3.8) is 0 Å². The van der Waals surface area contributed by atoms with Gasteiger partial charge < -0.3 is 5.32 Å². The van der Waals surface area contributed by atoms with E-state index in [0.29, 0.717) is 5.92 Å². The van der Waals surface area contributed by atoms with E-state index < -0.39 is 0 Å². The van der Waals surface area contributed by atoms with Crippen LogP contribution >= 0.6 is 11.3 Å². The van der Waals surface area contributed by atoms with Gasteiger partial charge >= 0.3 is 0 Å². The maximum absolute atomic E-state index is 4.35. The first-order chi connectivity index (χ1) is 8.04. The van der Waals surface area contributed by atoms with Crippen LogP contribution in [0.3, 0.4) is 0 Å². The van der Waals surface area contributed by atoms with E-state index in [9.17, 15) is 0 Å². The van der Waals surface area contributed by atoms with Crippen molar-refractivity contribution in [1.82, 2.24) is 15.5 Å². The zero-order chi connectivity index (χ0) is 12.3. The fourth-order valence-electron chi connectivity index (χ4n) is 2.25. The summed E-state index contributed by atoms with van der Waals surface area (Å²) >= 11 is 1.82. The maximum atomic E-state index is 4.35. The summed E-state index contributed by atoms with van der Waals surface area (Å²) in [4.78, 5) is 0. The first-order valence-corrected chi connectivity index (χ1v) is 7.43. The van der Waals surface area contributed by atoms with Crippen LogP contribution < -0.4 is 5.32 Å². The van der Waals surface area contributed by atoms with E-state index >= 15 is 0 Å². The van der Waals surface area contributed by atoms with Crippen LogP contribution in [0.5, 0.6) is 0 Å². The fourth-order valence-corrected chi connectivity index (χ4v) is 3.26. The Hall–Kier alpha value is -0.480. The molecular formula is C13H23N3S. The lowest BCUT2D eigenvalue weighted by Crippen LogP contribution is -2.37. The van der Waals surface area contributed by atoms with Gasteiger partial charge in [-0.1, -0.05) is 12.8 Å². The molecule has 0 radical (unpaired) electrons. The third-order valence-electron chi connectivity index (χ3n) is 3.18. The largest absolute Gasteiger partial charge is 0.312 e. The molecule has 4 heteroatoms. The smallest absolute Gasteiger partial charge is 0.120 e. The molecule has 1 N–H and O–H groups in total. The summed E-state index contributed by atoms with van der Waals surface area (Å²) < 4.78 is 0. The Kier molecular flexibility index (Phi) is 4.15. The van der Waals surface area contributed by atoms with Gasteiger partial charge in [0.2, 0.25) is 0 Å². The molecule has 0 aromatic carbocycles. The van der Waals surface area contributed by atoms with Crippen molar-refractivity contribution in [3.05, 3.63) is 10.0 Å². The van der Waals surface area contributed by atoms with Crippen molar-refractivity contribution in [2.75, 3.05) is 6.54 Å². The molecule has 0 atom stereocenters. The highest BCUT2D eigenvalue weighted by Crippen LogP contribution is 2.35. The quantitative estimate of drug-likeness (QED) is 0.896. The normalized spacial score (nSPS) is 17.8. The minimum absolute atomic E-state index is 0.193. The Bertz CT molecular complexity index is 348. The molecule has 1 aromatic heterocycles. The standard InChI is InChI=1S/C13H23N3S/c1-13(2,3)14-9-8-11-15-16-12(17-11)10-6-4-5-7-10/h10,14H,4-9H2,1-3H3. The lowest BCUT2D eigenvalue weighted by Gasteiger charge is -2.19. The molecule has 1 aliphatic rings. The number of nitrogens with zero attached hydrogens (tertiary/aromatic N) is 2. The number of hydrogen-bond donors (Lipinski definition) is 1. The summed E-state index contributed by atoms with van der Waals surface area (Å²) in [6, 6.07) is 0. The number of rotatable bonds is 4. The second kappa shape index (κ2) is 5.44. The Morgan fingerprint density at radius 3 is 2.59 bits per heavy atom. The molecule has 1 aromatic rings. The van der Waals surface area contributed by atoms with Gasteiger partial charge in [0.15, 0.2) is 0 Å². The third-order valence-corrected chi connectivity index (χ3v) is 4.33. The van der Waals surface area contributed by atoms with Gasteiger partial charge in [-0.25, -0.2) is 0 Å². The van der Waals surface area contributed by atoms with Crippen molar-refractivity contribution in [2.24, 2.45) is 0 Å². The summed E-state index contributed by atoms with van der Waals surface area (Å²) in [7, 11) is 0. The average Bonchev–Trinajstić information content (AvgIpc) is 2.83. The summed E-state index contributed by atoms with van der Waals surface area (Å²) in [6.07, 6.45) is 6.36. The van der Waals surface area contributed by atoms with Gasteiger partial charge in [0, 0.05) is 24.4 Å². The van der Waals surface area contributed by atoms with Gasteiger partial charge in [0.05, 0.1) is 0 Å². The van der Waals surface area contributed by atoms with E-state index in [1.165, 1.54) is 35.7 Å². The Balaban J connectivity index is 1.81. The summed E-state index contributed by atoms with van der Waals surface area (Å²) in [5.74, 6) is 0.705. The molecule has 0 bridgehead atoms. The molecule has 0 saturated heterocycles. The van der Waals surface area contributed by atoms with Gasteiger partial charge in [0.1, 0.15) is 10.0 Å². The maximum Gasteiger partial charge on any atom is 0.120 e. The van der Waals surface area contributed by atoms with E-state index in [-0.39, 0.29) is 5.54 Å². The number of nitrogens with one attached hydrogen (secondary N) is 1. The number of hydrogen-bond acceptors (Lipinski definition) is 4. The van der Waals surface area contributed by atoms with Gasteiger partial charge in [-0.2, -0.15) is 0 Å². The molecular weight excluding hydrogens is 230 g/mol. The van der Waals surface area contributed by atoms with Crippen LogP contribution in [0.15, 0.2) is 0 Å². The molecule has 1 saturated carbocycles. The van der Waals surface area contributed by atoms with E-state index in [0.717, 1.165) is 13.0 Å². The van der Waals surface area contributed by atoms with E-state index in [2.05, 4.69) is 36.3 Å². The van der Waals surface area contributed by atoms with Crippen LogP contribution in [0.2, 0.25) is 0 Å². The molecule has 1 heterocycles. The van der Waals surface area contributed by atoms with Gasteiger partial charge in [-0.3, -0.25) is 0 Å². The van der Waals surface area contributed by atoms with Crippen LogP contribution in [0.25, 0.3) is 0 Å². The van der Waals surface area contributed by atoms with Crippen LogP contribution in [-0.2, 0) is 6.42 Å². The molecule has 1 fully saturated rings. The zero-order valence-corrected chi connectivity index (χ0v) is 11.9. The van der Waals surface area contributed by atoms with Crippen molar-refractivity contribution in [1.29, 1.82) is 0 Å². The zero-order valence-electron chi connectivity index (χ0n) is 11.1. The summed E-state index contributed by atoms with van der Waals surface area (Å²) in [6.45, 7) is 7.56. The van der Waals surface area contributed by atoms with Gasteiger partial charge in [0.25, 0.3) is 0 Å². The first kappa shape index (κ1) is 13.0. The minimum atomic E-state index is 0.193. The van der Waals surface area contributed by atoms with Gasteiger partial charge in [-0.05, 0) is 33.6 Å². The fraction of sp³-hybridized carbons (Fsp3) is 0.846. The predicted octanol–water partition coefficient (Wildman–Crippen LogP) is 3.13. The molecule has 0 aliphatic heterocycles. The Labute approximate surface area is 108 Å².